The molecular weight excluding hydrogens is 396 g/mol. The molecule has 28 heavy (non-hydrogen) atoms. The van der Waals surface area contributed by atoms with Crippen LogP contribution in [0.1, 0.15) is 40.0 Å². The topological polar surface area (TPSA) is 83.0 Å². The molecule has 2 N–H and O–H groups in total. The first kappa shape index (κ1) is 21.0. The molecule has 2 aromatic rings. The standard InChI is InChI=1S/C20H27ClN4O2S/c1-12(2)16-9-4-13(3)10-17(16)27-18(26)11-28-20-24-23-19(25(20)22)14-5-7-15(21)8-6-14/h5-8,12-13,16-17H,4,9-11,22H2,1-3H3. The van der Waals surface area contributed by atoms with Gasteiger partial charge in [0.1, 0.15) is 6.10 Å². The summed E-state index contributed by atoms with van der Waals surface area (Å²) in [6, 6.07) is 7.20. The van der Waals surface area contributed by atoms with Crippen molar-refractivity contribution in [2.75, 3.05) is 11.6 Å². The normalized spacial score (nSPS) is 22.4. The SMILES string of the molecule is CC1CCC(C(C)C)C(OC(=O)CSc2nnc(-c3ccc(Cl)cc3)n2N)C1. The first-order valence-electron chi connectivity index (χ1n) is 9.63. The number of hydrogen-bond donors (Lipinski definition) is 1. The molecule has 1 aliphatic rings. The van der Waals surface area contributed by atoms with Gasteiger partial charge in [-0.15, -0.1) is 10.2 Å². The number of carbonyl (C=O) groups excluding carboxylic acids is 1. The number of hydrogen-bond acceptors (Lipinski definition) is 6. The lowest BCUT2D eigenvalue weighted by Crippen LogP contribution is -2.36. The van der Waals surface area contributed by atoms with Crippen molar-refractivity contribution in [1.29, 1.82) is 0 Å². The fraction of sp³-hybridized carbons (Fsp3) is 0.550. The molecular formula is C20H27ClN4O2S. The summed E-state index contributed by atoms with van der Waals surface area (Å²) in [5.41, 5.74) is 0.810. The van der Waals surface area contributed by atoms with Crippen LogP contribution >= 0.6 is 23.4 Å². The molecule has 0 bridgehead atoms. The zero-order valence-corrected chi connectivity index (χ0v) is 18.0. The van der Waals surface area contributed by atoms with Crippen molar-refractivity contribution in [1.82, 2.24) is 14.9 Å². The second kappa shape index (κ2) is 9.18. The number of esters is 1. The zero-order valence-electron chi connectivity index (χ0n) is 16.5. The van der Waals surface area contributed by atoms with E-state index in [-0.39, 0.29) is 17.8 Å². The minimum Gasteiger partial charge on any atom is -0.461 e. The molecule has 1 aromatic carbocycles. The summed E-state index contributed by atoms with van der Waals surface area (Å²) in [5, 5.41) is 9.34. The van der Waals surface area contributed by atoms with Crippen molar-refractivity contribution in [3.05, 3.63) is 29.3 Å². The van der Waals surface area contributed by atoms with Gasteiger partial charge in [0.25, 0.3) is 0 Å². The van der Waals surface area contributed by atoms with Crippen LogP contribution in [0, 0.1) is 17.8 Å². The summed E-state index contributed by atoms with van der Waals surface area (Å²) >= 11 is 7.15. The lowest BCUT2D eigenvalue weighted by Gasteiger charge is -2.36. The Morgan fingerprint density at radius 1 is 1.32 bits per heavy atom. The summed E-state index contributed by atoms with van der Waals surface area (Å²) in [6.45, 7) is 6.62. The molecule has 3 unspecified atom stereocenters. The maximum absolute atomic E-state index is 12.4. The highest BCUT2D eigenvalue weighted by molar-refractivity contribution is 7.99. The molecule has 0 amide bonds. The van der Waals surface area contributed by atoms with Crippen molar-refractivity contribution in [2.45, 2.75) is 51.3 Å². The van der Waals surface area contributed by atoms with E-state index in [1.54, 1.807) is 12.1 Å². The number of nitrogens with zero attached hydrogens (tertiary/aromatic N) is 3. The molecule has 1 aliphatic carbocycles. The largest absolute Gasteiger partial charge is 0.461 e. The number of halogens is 1. The van der Waals surface area contributed by atoms with Crippen LogP contribution in [0.3, 0.4) is 0 Å². The maximum Gasteiger partial charge on any atom is 0.316 e. The molecule has 152 valence electrons. The molecule has 3 rings (SSSR count). The minimum absolute atomic E-state index is 0.00257. The average Bonchev–Trinajstić information content (AvgIpc) is 3.01. The van der Waals surface area contributed by atoms with Crippen LogP contribution in [0.5, 0.6) is 0 Å². The number of aromatic nitrogens is 3. The van der Waals surface area contributed by atoms with Crippen LogP contribution in [0.2, 0.25) is 5.02 Å². The highest BCUT2D eigenvalue weighted by Crippen LogP contribution is 2.35. The van der Waals surface area contributed by atoms with Gasteiger partial charge in [-0.1, -0.05) is 50.6 Å². The highest BCUT2D eigenvalue weighted by Gasteiger charge is 2.33. The predicted molar refractivity (Wildman–Crippen MR) is 113 cm³/mol. The Hall–Kier alpha value is -1.73. The smallest absolute Gasteiger partial charge is 0.316 e. The number of nitrogens with two attached hydrogens (primary N) is 1. The number of rotatable bonds is 6. The lowest BCUT2D eigenvalue weighted by molar-refractivity contribution is -0.152. The Balaban J connectivity index is 1.59. The van der Waals surface area contributed by atoms with E-state index in [0.717, 1.165) is 18.4 Å². The number of benzene rings is 1. The first-order valence-corrected chi connectivity index (χ1v) is 11.0. The Morgan fingerprint density at radius 3 is 2.71 bits per heavy atom. The van der Waals surface area contributed by atoms with Gasteiger partial charge in [-0.05, 0) is 54.9 Å². The Labute approximate surface area is 175 Å². The lowest BCUT2D eigenvalue weighted by atomic mass is 9.75. The predicted octanol–water partition coefficient (Wildman–Crippen LogP) is 4.41. The second-order valence-corrected chi connectivity index (χ2v) is 9.21. The van der Waals surface area contributed by atoms with E-state index in [1.807, 2.05) is 12.1 Å². The van der Waals surface area contributed by atoms with Crippen LogP contribution < -0.4 is 5.84 Å². The molecule has 0 saturated heterocycles. The van der Waals surface area contributed by atoms with Gasteiger partial charge in [-0.3, -0.25) is 4.79 Å². The van der Waals surface area contributed by atoms with Gasteiger partial charge in [0.2, 0.25) is 5.16 Å². The van der Waals surface area contributed by atoms with Crippen LogP contribution in [0.4, 0.5) is 0 Å². The van der Waals surface area contributed by atoms with Gasteiger partial charge >= 0.3 is 5.97 Å². The van der Waals surface area contributed by atoms with Gasteiger partial charge in [-0.25, -0.2) is 4.68 Å². The second-order valence-electron chi connectivity index (χ2n) is 7.83. The summed E-state index contributed by atoms with van der Waals surface area (Å²) in [4.78, 5) is 12.4. The van der Waals surface area contributed by atoms with Crippen LogP contribution in [-0.4, -0.2) is 32.7 Å². The fourth-order valence-electron chi connectivity index (χ4n) is 3.75. The van der Waals surface area contributed by atoms with Crippen LogP contribution in [0.15, 0.2) is 29.4 Å². The third-order valence-electron chi connectivity index (χ3n) is 5.33. The average molecular weight is 423 g/mol. The molecule has 6 nitrogen and oxygen atoms in total. The van der Waals surface area contributed by atoms with E-state index < -0.39 is 0 Å². The molecule has 1 fully saturated rings. The summed E-state index contributed by atoms with van der Waals surface area (Å²) in [5.74, 6) is 8.09. The number of nitrogen functional groups attached to an aromatic ring is 1. The van der Waals surface area contributed by atoms with Gasteiger partial charge in [0.15, 0.2) is 5.82 Å². The van der Waals surface area contributed by atoms with Gasteiger partial charge < -0.3 is 10.6 Å². The van der Waals surface area contributed by atoms with Gasteiger partial charge in [-0.2, -0.15) is 0 Å². The number of carbonyl (C=O) groups is 1. The number of thioether (sulfide) groups is 1. The summed E-state index contributed by atoms with van der Waals surface area (Å²) in [7, 11) is 0. The van der Waals surface area contributed by atoms with Crippen molar-refractivity contribution < 1.29 is 9.53 Å². The van der Waals surface area contributed by atoms with E-state index >= 15 is 0 Å². The van der Waals surface area contributed by atoms with E-state index in [1.165, 1.54) is 22.9 Å². The summed E-state index contributed by atoms with van der Waals surface area (Å²) in [6.07, 6.45) is 3.26. The maximum atomic E-state index is 12.4. The van der Waals surface area contributed by atoms with Gasteiger partial charge in [0, 0.05) is 10.6 Å². The van der Waals surface area contributed by atoms with Crippen molar-refractivity contribution in [3.63, 3.8) is 0 Å². The van der Waals surface area contributed by atoms with E-state index in [9.17, 15) is 4.79 Å². The number of ether oxygens (including phenoxy) is 1. The van der Waals surface area contributed by atoms with E-state index in [2.05, 4.69) is 31.0 Å². The van der Waals surface area contributed by atoms with Crippen molar-refractivity contribution in [3.8, 4) is 11.4 Å². The van der Waals surface area contributed by atoms with E-state index in [0.29, 0.717) is 33.8 Å². The van der Waals surface area contributed by atoms with Crippen molar-refractivity contribution >= 4 is 29.3 Å². The molecule has 8 heteroatoms. The minimum atomic E-state index is -0.231. The molecule has 1 saturated carbocycles. The molecule has 0 radical (unpaired) electrons. The Bertz CT molecular complexity index is 809. The molecule has 1 heterocycles. The Morgan fingerprint density at radius 2 is 2.04 bits per heavy atom. The zero-order chi connectivity index (χ0) is 20.3. The van der Waals surface area contributed by atoms with Gasteiger partial charge in [0.05, 0.1) is 5.75 Å². The fourth-order valence-corrected chi connectivity index (χ4v) is 4.51. The molecule has 1 aromatic heterocycles. The van der Waals surface area contributed by atoms with E-state index in [4.69, 9.17) is 22.2 Å². The highest BCUT2D eigenvalue weighted by atomic mass is 35.5. The third kappa shape index (κ3) is 5.00. The quantitative estimate of drug-likeness (QED) is 0.421. The van der Waals surface area contributed by atoms with Crippen molar-refractivity contribution in [2.24, 2.45) is 17.8 Å². The molecule has 0 spiro atoms. The third-order valence-corrected chi connectivity index (χ3v) is 6.50. The monoisotopic (exact) mass is 422 g/mol. The van der Waals surface area contributed by atoms with Crippen LogP contribution in [-0.2, 0) is 9.53 Å². The first-order chi connectivity index (χ1) is 13.3. The summed E-state index contributed by atoms with van der Waals surface area (Å²) < 4.78 is 7.22. The Kier molecular flexibility index (Phi) is 6.88. The molecule has 0 aliphatic heterocycles. The van der Waals surface area contributed by atoms with Crippen LogP contribution in [0.25, 0.3) is 11.4 Å². The molecule has 3 atom stereocenters.